The predicted octanol–water partition coefficient (Wildman–Crippen LogP) is 5.22. The molecule has 13 heteroatoms. The average molecular weight is 623 g/mol. The van der Waals surface area contributed by atoms with Crippen molar-refractivity contribution in [1.29, 1.82) is 0 Å². The van der Waals surface area contributed by atoms with Crippen LogP contribution in [-0.4, -0.2) is 75.1 Å². The van der Waals surface area contributed by atoms with Gasteiger partial charge in [-0.1, -0.05) is 17.7 Å². The highest BCUT2D eigenvalue weighted by atomic mass is 35.5. The molecular weight excluding hydrogens is 597 g/mol. The highest BCUT2D eigenvalue weighted by Gasteiger charge is 2.50. The number of pyridine rings is 1. The van der Waals surface area contributed by atoms with Crippen molar-refractivity contribution in [2.75, 3.05) is 31.2 Å². The second-order valence-electron chi connectivity index (χ2n) is 12.3. The summed E-state index contributed by atoms with van der Waals surface area (Å²) in [6, 6.07) is 5.24. The largest absolute Gasteiger partial charge is 0.508 e. The lowest BCUT2D eigenvalue weighted by Gasteiger charge is -2.32. The van der Waals surface area contributed by atoms with Crippen molar-refractivity contribution in [3.8, 4) is 28.9 Å². The fraction of sp³-hybridized carbons (Fsp3) is 0.387. The summed E-state index contributed by atoms with van der Waals surface area (Å²) in [7, 11) is 0. The number of benzene rings is 2. The minimum absolute atomic E-state index is 0.0418. The molecule has 2 aromatic heterocycles. The molecular formula is C31H26ClF3N6O3. The first-order valence-corrected chi connectivity index (χ1v) is 15.1. The molecule has 4 atom stereocenters. The molecule has 4 unspecified atom stereocenters. The Morgan fingerprint density at radius 3 is 2.95 bits per heavy atom. The number of alkyl halides is 1. The summed E-state index contributed by atoms with van der Waals surface area (Å²) in [5.74, 6) is -1.17. The second kappa shape index (κ2) is 9.24. The molecule has 3 saturated heterocycles. The van der Waals surface area contributed by atoms with E-state index in [0.717, 1.165) is 31.5 Å². The molecule has 2 bridgehead atoms. The van der Waals surface area contributed by atoms with Gasteiger partial charge in [-0.3, -0.25) is 4.90 Å². The van der Waals surface area contributed by atoms with Gasteiger partial charge >= 0.3 is 6.01 Å². The molecule has 44 heavy (non-hydrogen) atoms. The van der Waals surface area contributed by atoms with Gasteiger partial charge in [0.1, 0.15) is 47.5 Å². The molecule has 9 nitrogen and oxygen atoms in total. The lowest BCUT2D eigenvalue weighted by atomic mass is 9.95. The molecule has 9 rings (SSSR count). The van der Waals surface area contributed by atoms with Gasteiger partial charge in [0.05, 0.1) is 22.6 Å². The first kappa shape index (κ1) is 26.4. The third kappa shape index (κ3) is 3.67. The first-order valence-electron chi connectivity index (χ1n) is 14.7. The van der Waals surface area contributed by atoms with Crippen molar-refractivity contribution in [2.45, 2.75) is 49.5 Å². The van der Waals surface area contributed by atoms with Crippen LogP contribution in [0, 0.1) is 11.6 Å². The molecule has 0 saturated carbocycles. The zero-order chi connectivity index (χ0) is 29.9. The van der Waals surface area contributed by atoms with Crippen molar-refractivity contribution < 1.29 is 27.8 Å². The van der Waals surface area contributed by atoms with Gasteiger partial charge in [0.2, 0.25) is 5.88 Å². The maximum absolute atomic E-state index is 16.8. The summed E-state index contributed by atoms with van der Waals surface area (Å²) in [5.41, 5.74) is 0.299. The van der Waals surface area contributed by atoms with Crippen LogP contribution >= 0.6 is 11.6 Å². The van der Waals surface area contributed by atoms with Crippen LogP contribution in [0.25, 0.3) is 32.9 Å². The van der Waals surface area contributed by atoms with E-state index in [4.69, 9.17) is 26.1 Å². The van der Waals surface area contributed by atoms with Gasteiger partial charge in [-0.25, -0.2) is 18.2 Å². The van der Waals surface area contributed by atoms with Crippen molar-refractivity contribution in [1.82, 2.24) is 25.2 Å². The summed E-state index contributed by atoms with van der Waals surface area (Å²) in [5, 5.41) is 14.5. The van der Waals surface area contributed by atoms with Gasteiger partial charge in [0.25, 0.3) is 0 Å². The molecule has 7 heterocycles. The number of phenolic OH excluding ortho intramolecular Hbond substituents is 1. The van der Waals surface area contributed by atoms with Crippen LogP contribution < -0.4 is 19.7 Å². The van der Waals surface area contributed by atoms with E-state index in [9.17, 15) is 13.9 Å². The van der Waals surface area contributed by atoms with E-state index in [0.29, 0.717) is 24.2 Å². The van der Waals surface area contributed by atoms with E-state index in [1.54, 1.807) is 0 Å². The highest BCUT2D eigenvalue weighted by Crippen LogP contribution is 2.48. The number of rotatable bonds is 4. The zero-order valence-electron chi connectivity index (χ0n) is 23.3. The van der Waals surface area contributed by atoms with Crippen molar-refractivity contribution >= 4 is 39.1 Å². The van der Waals surface area contributed by atoms with E-state index in [1.807, 2.05) is 11.1 Å². The summed E-state index contributed by atoms with van der Waals surface area (Å²) < 4.78 is 58.4. The van der Waals surface area contributed by atoms with Crippen LogP contribution in [0.15, 0.2) is 36.2 Å². The number of halogens is 4. The molecule has 0 spiro atoms. The highest BCUT2D eigenvalue weighted by molar-refractivity contribution is 6.37. The van der Waals surface area contributed by atoms with Crippen LogP contribution in [0.5, 0.6) is 17.6 Å². The zero-order valence-corrected chi connectivity index (χ0v) is 24.0. The number of ether oxygens (including phenoxy) is 2. The Balaban J connectivity index is 1.25. The number of hydrogen-bond acceptors (Lipinski definition) is 9. The molecule has 2 N–H and O–H groups in total. The quantitative estimate of drug-likeness (QED) is 0.318. The van der Waals surface area contributed by atoms with Crippen LogP contribution in [0.3, 0.4) is 0 Å². The fourth-order valence-electron chi connectivity index (χ4n) is 7.84. The summed E-state index contributed by atoms with van der Waals surface area (Å²) >= 11 is 6.39. The molecule has 5 aliphatic rings. The average Bonchev–Trinajstić information content (AvgIpc) is 3.75. The molecule has 2 aromatic carbocycles. The molecule has 226 valence electrons. The summed E-state index contributed by atoms with van der Waals surface area (Å²) in [6.07, 6.45) is 3.86. The van der Waals surface area contributed by atoms with Gasteiger partial charge in [0, 0.05) is 42.2 Å². The number of aromatic nitrogens is 3. The second-order valence-corrected chi connectivity index (χ2v) is 12.7. The van der Waals surface area contributed by atoms with Crippen LogP contribution in [0.4, 0.5) is 19.0 Å². The van der Waals surface area contributed by atoms with E-state index < -0.39 is 23.3 Å². The number of anilines is 1. The number of hydrogen-bond donors (Lipinski definition) is 2. The number of nitrogens with one attached hydrogen (secondary N) is 1. The van der Waals surface area contributed by atoms with Gasteiger partial charge in [-0.05, 0) is 43.0 Å². The van der Waals surface area contributed by atoms with Crippen molar-refractivity contribution in [2.24, 2.45) is 0 Å². The standard InChI is InChI=1S/C31H26ClF3N6O3/c32-24-19(34)3-2-14-6-17(42)8-18(22(14)24)26-25(35)27-23-28(41-16-7-20(36-10-16)21(41)12-43-29(23)37-26)39-30(38-27)44-13-31-4-1-5-40(31)11-15(33)9-31/h2-3,6,8,10,15,20-21,36,42H,1,4-5,7,9,11-13H2. The molecule has 4 aromatic rings. The smallest absolute Gasteiger partial charge is 0.319 e. The van der Waals surface area contributed by atoms with E-state index in [2.05, 4.69) is 20.2 Å². The Hall–Kier alpha value is -4.03. The number of aromatic hydroxyl groups is 1. The third-order valence-electron chi connectivity index (χ3n) is 9.81. The fourth-order valence-corrected chi connectivity index (χ4v) is 8.12. The molecule has 0 radical (unpaired) electrons. The van der Waals surface area contributed by atoms with E-state index >= 15 is 4.39 Å². The summed E-state index contributed by atoms with van der Waals surface area (Å²) in [4.78, 5) is 18.1. The minimum atomic E-state index is -0.930. The topological polar surface area (TPSA) is 95.9 Å². The van der Waals surface area contributed by atoms with Crippen LogP contribution in [0.1, 0.15) is 25.7 Å². The monoisotopic (exact) mass is 622 g/mol. The number of fused-ring (bicyclic) bond motifs is 8. The van der Waals surface area contributed by atoms with Crippen LogP contribution in [0.2, 0.25) is 5.02 Å². The molecule has 0 amide bonds. The normalized spacial score (nSPS) is 26.9. The maximum Gasteiger partial charge on any atom is 0.319 e. The van der Waals surface area contributed by atoms with Crippen LogP contribution in [-0.2, 0) is 0 Å². The van der Waals surface area contributed by atoms with Gasteiger partial charge < -0.3 is 24.8 Å². The molecule has 3 fully saturated rings. The van der Waals surface area contributed by atoms with Gasteiger partial charge in [-0.15, -0.1) is 0 Å². The lowest BCUT2D eigenvalue weighted by molar-refractivity contribution is 0.107. The SMILES string of the molecule is Oc1cc(-c2nc3c4c(nc(OCC56CCCN5CC(F)C6)nc4c2F)N2C4=CNC(C4)C2CO3)c2c(Cl)c(F)ccc2c1. The number of nitrogens with zero attached hydrogens (tertiary/aromatic N) is 5. The van der Waals surface area contributed by atoms with Gasteiger partial charge in [0.15, 0.2) is 11.6 Å². The minimum Gasteiger partial charge on any atom is -0.508 e. The Kier molecular flexibility index (Phi) is 5.54. The molecule has 0 aliphatic carbocycles. The van der Waals surface area contributed by atoms with Crippen molar-refractivity contribution in [3.63, 3.8) is 0 Å². The first-order chi connectivity index (χ1) is 21.3. The Labute approximate surface area is 254 Å². The van der Waals surface area contributed by atoms with Gasteiger partial charge in [-0.2, -0.15) is 9.97 Å². The van der Waals surface area contributed by atoms with Crippen molar-refractivity contribution in [3.05, 3.63) is 52.8 Å². The lowest BCUT2D eigenvalue weighted by Crippen LogP contribution is -2.46. The summed E-state index contributed by atoms with van der Waals surface area (Å²) in [6.45, 7) is 1.58. The maximum atomic E-state index is 16.8. The van der Waals surface area contributed by atoms with E-state index in [1.165, 1.54) is 24.3 Å². The van der Waals surface area contributed by atoms with E-state index in [-0.39, 0.29) is 75.5 Å². The Bertz CT molecular complexity index is 1940. The molecule has 5 aliphatic heterocycles. The Morgan fingerprint density at radius 1 is 1.18 bits per heavy atom. The Morgan fingerprint density at radius 2 is 2.07 bits per heavy atom. The third-order valence-corrected chi connectivity index (χ3v) is 10.2. The number of phenols is 1. The predicted molar refractivity (Wildman–Crippen MR) is 157 cm³/mol.